The number of carbonyl (C=O) groups excluding carboxylic acids is 2. The van der Waals surface area contributed by atoms with Crippen LogP contribution in [0.15, 0.2) is 48.8 Å². The third kappa shape index (κ3) is 5.57. The number of hydrogen-bond donors (Lipinski definition) is 3. The molecule has 1 aliphatic heterocycles. The lowest BCUT2D eigenvalue weighted by Gasteiger charge is -2.22. The van der Waals surface area contributed by atoms with Gasteiger partial charge in [-0.3, -0.25) is 14.6 Å². The van der Waals surface area contributed by atoms with Crippen LogP contribution in [0.5, 0.6) is 0 Å². The van der Waals surface area contributed by atoms with Gasteiger partial charge in [-0.05, 0) is 29.8 Å². The van der Waals surface area contributed by atoms with Crippen molar-refractivity contribution in [2.24, 2.45) is 0 Å². The molecule has 1 saturated heterocycles. The van der Waals surface area contributed by atoms with E-state index in [4.69, 9.17) is 0 Å². The van der Waals surface area contributed by atoms with Crippen LogP contribution in [0.4, 0.5) is 5.69 Å². The summed E-state index contributed by atoms with van der Waals surface area (Å²) in [7, 11) is 0. The summed E-state index contributed by atoms with van der Waals surface area (Å²) in [6.07, 6.45) is 3.66. The number of anilines is 1. The first-order valence-corrected chi connectivity index (χ1v) is 9.74. The Balaban J connectivity index is 1.45. The maximum Gasteiger partial charge on any atom is 0.257 e. The van der Waals surface area contributed by atoms with Gasteiger partial charge in [0.15, 0.2) is 0 Å². The average Bonchev–Trinajstić information content (AvgIpc) is 2.69. The van der Waals surface area contributed by atoms with E-state index in [2.05, 4.69) is 20.9 Å². The van der Waals surface area contributed by atoms with Gasteiger partial charge in [-0.15, -0.1) is 0 Å². The van der Waals surface area contributed by atoms with Crippen molar-refractivity contribution in [2.75, 3.05) is 23.4 Å². The first-order valence-electron chi connectivity index (χ1n) is 8.59. The van der Waals surface area contributed by atoms with Crippen LogP contribution in [0.25, 0.3) is 0 Å². The molecule has 7 heteroatoms. The second kappa shape index (κ2) is 9.35. The Morgan fingerprint density at radius 3 is 2.77 bits per heavy atom. The standard InChI is InChI=1S/C19H22N4O2S/c24-18(10-17-13-26-9-8-21-17)22-11-14-3-5-16(6-4-14)23-19(25)15-2-1-7-20-12-15/h1-7,12,17,21H,8-11,13H2,(H,22,24)(H,23,25). The summed E-state index contributed by atoms with van der Waals surface area (Å²) in [5.41, 5.74) is 2.21. The summed E-state index contributed by atoms with van der Waals surface area (Å²) in [6.45, 7) is 1.45. The molecule has 2 heterocycles. The molecule has 1 aromatic heterocycles. The van der Waals surface area contributed by atoms with E-state index >= 15 is 0 Å². The molecule has 0 aliphatic carbocycles. The van der Waals surface area contributed by atoms with Crippen molar-refractivity contribution >= 4 is 29.3 Å². The fraction of sp³-hybridized carbons (Fsp3) is 0.316. The highest BCUT2D eigenvalue weighted by atomic mass is 32.2. The summed E-state index contributed by atoms with van der Waals surface area (Å²) in [6, 6.07) is 11.2. The quantitative estimate of drug-likeness (QED) is 0.725. The summed E-state index contributed by atoms with van der Waals surface area (Å²) >= 11 is 1.88. The summed E-state index contributed by atoms with van der Waals surface area (Å²) in [4.78, 5) is 28.1. The molecule has 0 saturated carbocycles. The second-order valence-corrected chi connectivity index (χ2v) is 7.25. The van der Waals surface area contributed by atoms with Crippen LogP contribution >= 0.6 is 11.8 Å². The monoisotopic (exact) mass is 370 g/mol. The number of pyridine rings is 1. The van der Waals surface area contributed by atoms with E-state index in [1.807, 2.05) is 36.0 Å². The highest BCUT2D eigenvalue weighted by Crippen LogP contribution is 2.12. The van der Waals surface area contributed by atoms with E-state index in [1.165, 1.54) is 6.20 Å². The molecule has 3 N–H and O–H groups in total. The fourth-order valence-electron chi connectivity index (χ4n) is 2.65. The molecule has 26 heavy (non-hydrogen) atoms. The Morgan fingerprint density at radius 2 is 2.08 bits per heavy atom. The molecule has 136 valence electrons. The highest BCUT2D eigenvalue weighted by molar-refractivity contribution is 7.99. The topological polar surface area (TPSA) is 83.1 Å². The van der Waals surface area contributed by atoms with Gasteiger partial charge in [0, 0.05) is 55.1 Å². The molecule has 0 spiro atoms. The molecular weight excluding hydrogens is 348 g/mol. The Morgan fingerprint density at radius 1 is 1.23 bits per heavy atom. The zero-order valence-electron chi connectivity index (χ0n) is 14.4. The van der Waals surface area contributed by atoms with E-state index < -0.39 is 0 Å². The molecule has 1 atom stereocenters. The van der Waals surface area contributed by atoms with Crippen LogP contribution in [0.1, 0.15) is 22.3 Å². The number of nitrogens with zero attached hydrogens (tertiary/aromatic N) is 1. The minimum absolute atomic E-state index is 0.0546. The van der Waals surface area contributed by atoms with Gasteiger partial charge in [0.1, 0.15) is 0 Å². The molecule has 3 rings (SSSR count). The minimum atomic E-state index is -0.197. The van der Waals surface area contributed by atoms with Crippen LogP contribution in [0.3, 0.4) is 0 Å². The van der Waals surface area contributed by atoms with Gasteiger partial charge >= 0.3 is 0 Å². The van der Waals surface area contributed by atoms with Crippen LogP contribution in [-0.4, -0.2) is 40.9 Å². The highest BCUT2D eigenvalue weighted by Gasteiger charge is 2.16. The molecule has 0 radical (unpaired) electrons. The van der Waals surface area contributed by atoms with E-state index in [0.29, 0.717) is 24.2 Å². The smallest absolute Gasteiger partial charge is 0.257 e. The Labute approximate surface area is 157 Å². The van der Waals surface area contributed by atoms with Gasteiger partial charge in [-0.1, -0.05) is 12.1 Å². The predicted molar refractivity (Wildman–Crippen MR) is 104 cm³/mol. The van der Waals surface area contributed by atoms with Crippen LogP contribution in [0, 0.1) is 0 Å². The Bertz CT molecular complexity index is 731. The first kappa shape index (κ1) is 18.4. The maximum atomic E-state index is 12.1. The third-order valence-electron chi connectivity index (χ3n) is 4.06. The fourth-order valence-corrected chi connectivity index (χ4v) is 3.60. The molecule has 2 aromatic rings. The lowest BCUT2D eigenvalue weighted by molar-refractivity contribution is -0.121. The van der Waals surface area contributed by atoms with Crippen molar-refractivity contribution in [3.05, 3.63) is 59.9 Å². The van der Waals surface area contributed by atoms with E-state index in [-0.39, 0.29) is 17.9 Å². The number of benzene rings is 1. The van der Waals surface area contributed by atoms with Gasteiger partial charge < -0.3 is 16.0 Å². The lowest BCUT2D eigenvalue weighted by atomic mass is 10.1. The number of amides is 2. The first-order chi connectivity index (χ1) is 12.7. The van der Waals surface area contributed by atoms with Gasteiger partial charge in [-0.25, -0.2) is 0 Å². The third-order valence-corrected chi connectivity index (χ3v) is 5.19. The van der Waals surface area contributed by atoms with Gasteiger partial charge in [-0.2, -0.15) is 11.8 Å². The maximum absolute atomic E-state index is 12.1. The van der Waals surface area contributed by atoms with Crippen LogP contribution in [-0.2, 0) is 11.3 Å². The SMILES string of the molecule is O=C(CC1CSCCN1)NCc1ccc(NC(=O)c2cccnc2)cc1. The van der Waals surface area contributed by atoms with Gasteiger partial charge in [0.2, 0.25) is 5.91 Å². The molecule has 2 amide bonds. The molecule has 0 bridgehead atoms. The number of rotatable bonds is 6. The molecule has 1 aliphatic rings. The van der Waals surface area contributed by atoms with Crippen LogP contribution < -0.4 is 16.0 Å². The molecule has 1 aromatic carbocycles. The largest absolute Gasteiger partial charge is 0.352 e. The molecule has 1 fully saturated rings. The number of hydrogen-bond acceptors (Lipinski definition) is 5. The van der Waals surface area contributed by atoms with Crippen molar-refractivity contribution in [2.45, 2.75) is 19.0 Å². The predicted octanol–water partition coefficient (Wildman–Crippen LogP) is 2.05. The Kier molecular flexibility index (Phi) is 6.62. The van der Waals surface area contributed by atoms with Gasteiger partial charge in [0.05, 0.1) is 5.56 Å². The van der Waals surface area contributed by atoms with Crippen molar-refractivity contribution in [3.8, 4) is 0 Å². The lowest BCUT2D eigenvalue weighted by Crippen LogP contribution is -2.41. The number of carbonyl (C=O) groups is 2. The van der Waals surface area contributed by atoms with E-state index in [1.54, 1.807) is 18.3 Å². The summed E-state index contributed by atoms with van der Waals surface area (Å²) in [5, 5.41) is 9.14. The molecule has 6 nitrogen and oxygen atoms in total. The summed E-state index contributed by atoms with van der Waals surface area (Å²) < 4.78 is 0. The zero-order valence-corrected chi connectivity index (χ0v) is 15.2. The van der Waals surface area contributed by atoms with E-state index in [9.17, 15) is 9.59 Å². The van der Waals surface area contributed by atoms with Crippen molar-refractivity contribution in [1.82, 2.24) is 15.6 Å². The summed E-state index contributed by atoms with van der Waals surface area (Å²) in [5.74, 6) is 1.96. The zero-order chi connectivity index (χ0) is 18.2. The average molecular weight is 370 g/mol. The molecule has 1 unspecified atom stereocenters. The van der Waals surface area contributed by atoms with Crippen molar-refractivity contribution in [3.63, 3.8) is 0 Å². The number of aromatic nitrogens is 1. The van der Waals surface area contributed by atoms with Crippen LogP contribution in [0.2, 0.25) is 0 Å². The van der Waals surface area contributed by atoms with Gasteiger partial charge in [0.25, 0.3) is 5.91 Å². The minimum Gasteiger partial charge on any atom is -0.352 e. The number of nitrogens with one attached hydrogen (secondary N) is 3. The molecular formula is C19H22N4O2S. The second-order valence-electron chi connectivity index (χ2n) is 6.10. The van der Waals surface area contributed by atoms with Crippen molar-refractivity contribution < 1.29 is 9.59 Å². The normalized spacial score (nSPS) is 16.7. The van der Waals surface area contributed by atoms with E-state index in [0.717, 1.165) is 23.6 Å². The number of thioether (sulfide) groups is 1. The Hall–Kier alpha value is -2.38. The van der Waals surface area contributed by atoms with Crippen molar-refractivity contribution in [1.29, 1.82) is 0 Å².